The summed E-state index contributed by atoms with van der Waals surface area (Å²) in [4.78, 5) is 10.2. The van der Waals surface area contributed by atoms with Crippen LogP contribution in [0.3, 0.4) is 0 Å². The van der Waals surface area contributed by atoms with Crippen LogP contribution in [-0.2, 0) is 9.53 Å². The van der Waals surface area contributed by atoms with Crippen LogP contribution in [0, 0.1) is 0 Å². The molecule has 0 aliphatic heterocycles. The number of carbonyl (C=O) groups excluding carboxylic acids is 1. The summed E-state index contributed by atoms with van der Waals surface area (Å²) in [5.41, 5.74) is -0.741. The molecule has 0 aromatic carbocycles. The fourth-order valence-corrected chi connectivity index (χ4v) is 0.596. The zero-order valence-corrected chi connectivity index (χ0v) is 7.22. The van der Waals surface area contributed by atoms with Gasteiger partial charge in [0.1, 0.15) is 12.0 Å². The normalized spacial score (nSPS) is 11.2. The molecule has 0 N–H and O–H groups in total. The Morgan fingerprint density at radius 3 is 2.31 bits per heavy atom. The van der Waals surface area contributed by atoms with E-state index in [4.69, 9.17) is 0 Å². The van der Waals surface area contributed by atoms with Gasteiger partial charge in [-0.1, -0.05) is 13.2 Å². The second-order valence-corrected chi connectivity index (χ2v) is 2.21. The van der Waals surface area contributed by atoms with Crippen molar-refractivity contribution in [1.29, 1.82) is 0 Å². The zero-order valence-electron chi connectivity index (χ0n) is 7.22. The van der Waals surface area contributed by atoms with Crippen LogP contribution in [0.2, 0.25) is 0 Å². The van der Waals surface area contributed by atoms with Crippen molar-refractivity contribution >= 4 is 6.29 Å². The summed E-state index contributed by atoms with van der Waals surface area (Å²) in [5.74, 6) is 0.0540. The Hall–Kier alpha value is -1.45. The van der Waals surface area contributed by atoms with Crippen molar-refractivity contribution in [3.05, 3.63) is 36.1 Å². The number of allylic oxidation sites excluding steroid dienone is 3. The molecule has 0 saturated carbocycles. The molecule has 0 fully saturated rings. The first-order chi connectivity index (χ1) is 6.02. The molecule has 72 valence electrons. The number of hydrogen-bond acceptors (Lipinski definition) is 2. The standard InChI is InChI=1S/C9H10F2O2/c1-6(5-12)8(9(10)11)4-7(2)13-3/h4-5,9H,1-2H2,3H3/b8-4+. The van der Waals surface area contributed by atoms with E-state index >= 15 is 0 Å². The second kappa shape index (κ2) is 5.24. The molecule has 0 atom stereocenters. The minimum absolute atomic E-state index is 0.0540. The summed E-state index contributed by atoms with van der Waals surface area (Å²) in [6.45, 7) is 6.49. The summed E-state index contributed by atoms with van der Waals surface area (Å²) in [7, 11) is 1.30. The van der Waals surface area contributed by atoms with Gasteiger partial charge in [-0.3, -0.25) is 4.79 Å². The van der Waals surface area contributed by atoms with Crippen molar-refractivity contribution in [2.24, 2.45) is 0 Å². The molecule has 0 amide bonds. The molecule has 0 aromatic rings. The maximum atomic E-state index is 12.2. The fraction of sp³-hybridized carbons (Fsp3) is 0.222. The van der Waals surface area contributed by atoms with Gasteiger partial charge in [-0.05, 0) is 6.08 Å². The van der Waals surface area contributed by atoms with Crippen molar-refractivity contribution in [2.75, 3.05) is 7.11 Å². The first kappa shape index (κ1) is 11.6. The van der Waals surface area contributed by atoms with Crippen LogP contribution >= 0.6 is 0 Å². The van der Waals surface area contributed by atoms with E-state index in [2.05, 4.69) is 17.9 Å². The van der Waals surface area contributed by atoms with E-state index in [1.807, 2.05) is 0 Å². The quantitative estimate of drug-likeness (QED) is 0.286. The Kier molecular flexibility index (Phi) is 4.66. The smallest absolute Gasteiger partial charge is 0.264 e. The Balaban J connectivity index is 4.80. The molecular weight excluding hydrogens is 178 g/mol. The Bertz CT molecular complexity index is 254. The molecule has 0 rings (SSSR count). The van der Waals surface area contributed by atoms with E-state index in [0.29, 0.717) is 0 Å². The maximum absolute atomic E-state index is 12.2. The summed E-state index contributed by atoms with van der Waals surface area (Å²) in [6.07, 6.45) is -1.51. The van der Waals surface area contributed by atoms with Gasteiger partial charge in [0.15, 0.2) is 0 Å². The van der Waals surface area contributed by atoms with Gasteiger partial charge >= 0.3 is 0 Å². The van der Waals surface area contributed by atoms with Gasteiger partial charge in [0.05, 0.1) is 7.11 Å². The number of alkyl halides is 2. The first-order valence-electron chi connectivity index (χ1n) is 3.40. The molecule has 13 heavy (non-hydrogen) atoms. The largest absolute Gasteiger partial charge is 0.497 e. The molecular formula is C9H10F2O2. The van der Waals surface area contributed by atoms with Crippen molar-refractivity contribution in [2.45, 2.75) is 6.43 Å². The third-order valence-corrected chi connectivity index (χ3v) is 1.33. The predicted molar refractivity (Wildman–Crippen MR) is 45.4 cm³/mol. The van der Waals surface area contributed by atoms with Gasteiger partial charge in [0.25, 0.3) is 6.43 Å². The molecule has 0 heterocycles. The van der Waals surface area contributed by atoms with Crippen molar-refractivity contribution in [3.63, 3.8) is 0 Å². The third-order valence-electron chi connectivity index (χ3n) is 1.33. The van der Waals surface area contributed by atoms with Crippen LogP contribution in [0.1, 0.15) is 0 Å². The highest BCUT2D eigenvalue weighted by Gasteiger charge is 2.14. The molecule has 0 aliphatic carbocycles. The monoisotopic (exact) mass is 188 g/mol. The molecule has 0 unspecified atom stereocenters. The van der Waals surface area contributed by atoms with Crippen molar-refractivity contribution in [1.82, 2.24) is 0 Å². The number of aldehydes is 1. The molecule has 0 aliphatic rings. The summed E-state index contributed by atoms with van der Waals surface area (Å²) in [6, 6.07) is 0. The lowest BCUT2D eigenvalue weighted by atomic mass is 10.1. The molecule has 2 nitrogen and oxygen atoms in total. The van der Waals surface area contributed by atoms with Crippen LogP contribution in [0.25, 0.3) is 0 Å². The number of ether oxygens (including phenoxy) is 1. The number of methoxy groups -OCH3 is 1. The van der Waals surface area contributed by atoms with Crippen LogP contribution < -0.4 is 0 Å². The lowest BCUT2D eigenvalue weighted by molar-refractivity contribution is -0.104. The lowest BCUT2D eigenvalue weighted by Gasteiger charge is -2.05. The fourth-order valence-electron chi connectivity index (χ4n) is 0.596. The van der Waals surface area contributed by atoms with E-state index in [0.717, 1.165) is 6.08 Å². The lowest BCUT2D eigenvalue weighted by Crippen LogP contribution is -2.02. The minimum atomic E-state index is -2.76. The summed E-state index contributed by atoms with van der Waals surface area (Å²) < 4.78 is 29.1. The summed E-state index contributed by atoms with van der Waals surface area (Å²) in [5, 5.41) is 0. The van der Waals surface area contributed by atoms with E-state index in [1.165, 1.54) is 7.11 Å². The van der Waals surface area contributed by atoms with Crippen LogP contribution in [0.4, 0.5) is 8.78 Å². The predicted octanol–water partition coefficient (Wildman–Crippen LogP) is 2.09. The van der Waals surface area contributed by atoms with Crippen LogP contribution in [0.5, 0.6) is 0 Å². The molecule has 0 radical (unpaired) electrons. The average Bonchev–Trinajstić information content (AvgIpc) is 2.11. The maximum Gasteiger partial charge on any atom is 0.264 e. The number of carbonyl (C=O) groups is 1. The van der Waals surface area contributed by atoms with Gasteiger partial charge in [-0.15, -0.1) is 0 Å². The molecule has 4 heteroatoms. The highest BCUT2D eigenvalue weighted by Crippen LogP contribution is 2.17. The van der Waals surface area contributed by atoms with E-state index in [9.17, 15) is 13.6 Å². The van der Waals surface area contributed by atoms with Gasteiger partial charge in [-0.2, -0.15) is 0 Å². The van der Waals surface area contributed by atoms with E-state index in [-0.39, 0.29) is 17.6 Å². The first-order valence-corrected chi connectivity index (χ1v) is 3.40. The Morgan fingerprint density at radius 1 is 1.46 bits per heavy atom. The minimum Gasteiger partial charge on any atom is -0.497 e. The highest BCUT2D eigenvalue weighted by atomic mass is 19.3. The number of rotatable bonds is 5. The van der Waals surface area contributed by atoms with Crippen LogP contribution in [-0.4, -0.2) is 19.8 Å². The Morgan fingerprint density at radius 2 is 2.00 bits per heavy atom. The van der Waals surface area contributed by atoms with Gasteiger partial charge in [-0.25, -0.2) is 8.78 Å². The van der Waals surface area contributed by atoms with E-state index in [1.54, 1.807) is 0 Å². The molecule has 0 spiro atoms. The Labute approximate surface area is 75.2 Å². The second-order valence-electron chi connectivity index (χ2n) is 2.21. The zero-order chi connectivity index (χ0) is 10.4. The SMILES string of the molecule is C=C(/C=C(\C(=C)C=O)C(F)F)OC. The average molecular weight is 188 g/mol. The molecule has 0 saturated heterocycles. The van der Waals surface area contributed by atoms with Crippen molar-refractivity contribution in [3.8, 4) is 0 Å². The van der Waals surface area contributed by atoms with Gasteiger partial charge in [0, 0.05) is 11.1 Å². The number of halogens is 2. The topological polar surface area (TPSA) is 26.3 Å². The number of hydrogen-bond donors (Lipinski definition) is 0. The van der Waals surface area contributed by atoms with Crippen molar-refractivity contribution < 1.29 is 18.3 Å². The van der Waals surface area contributed by atoms with Crippen LogP contribution in [0.15, 0.2) is 36.1 Å². The van der Waals surface area contributed by atoms with E-state index < -0.39 is 12.0 Å². The molecule has 0 bridgehead atoms. The van der Waals surface area contributed by atoms with Gasteiger partial charge < -0.3 is 4.74 Å². The highest BCUT2D eigenvalue weighted by molar-refractivity contribution is 5.79. The summed E-state index contributed by atoms with van der Waals surface area (Å²) >= 11 is 0. The van der Waals surface area contributed by atoms with Gasteiger partial charge in [0.2, 0.25) is 0 Å². The third kappa shape index (κ3) is 3.64. The molecule has 0 aromatic heterocycles.